The number of amides is 1. The van der Waals surface area contributed by atoms with Crippen LogP contribution >= 0.6 is 11.8 Å². The van der Waals surface area contributed by atoms with E-state index in [1.54, 1.807) is 14.2 Å². The van der Waals surface area contributed by atoms with Crippen LogP contribution in [-0.4, -0.2) is 34.4 Å². The highest BCUT2D eigenvalue weighted by Gasteiger charge is 2.07. The summed E-state index contributed by atoms with van der Waals surface area (Å²) in [7, 11) is 4.68. The van der Waals surface area contributed by atoms with Gasteiger partial charge in [-0.3, -0.25) is 18.7 Å². The Hall–Kier alpha value is -2.48. The summed E-state index contributed by atoms with van der Waals surface area (Å²) in [5, 5.41) is 2.87. The van der Waals surface area contributed by atoms with Gasteiger partial charge in [-0.25, -0.2) is 4.79 Å². The molecule has 0 saturated heterocycles. The van der Waals surface area contributed by atoms with Crippen molar-refractivity contribution in [1.29, 1.82) is 0 Å². The molecule has 0 fully saturated rings. The van der Waals surface area contributed by atoms with Crippen LogP contribution in [0, 0.1) is 0 Å². The Morgan fingerprint density at radius 2 is 1.85 bits per heavy atom. The van der Waals surface area contributed by atoms with Crippen molar-refractivity contribution in [3.8, 4) is 5.75 Å². The number of ether oxygens (including phenoxy) is 1. The van der Waals surface area contributed by atoms with E-state index < -0.39 is 0 Å². The fourth-order valence-electron chi connectivity index (χ4n) is 2.35. The maximum absolute atomic E-state index is 11.9. The van der Waals surface area contributed by atoms with Crippen molar-refractivity contribution in [3.05, 3.63) is 62.4 Å². The zero-order valence-corrected chi connectivity index (χ0v) is 16.0. The minimum Gasteiger partial charge on any atom is -0.497 e. The van der Waals surface area contributed by atoms with Crippen molar-refractivity contribution in [2.45, 2.75) is 12.2 Å². The molecule has 0 unspecified atom stereocenters. The average molecular weight is 377 g/mol. The number of hydrogen-bond donors (Lipinski definition) is 1. The van der Waals surface area contributed by atoms with Crippen LogP contribution in [0.5, 0.6) is 5.75 Å². The number of carbonyl (C=O) groups is 1. The van der Waals surface area contributed by atoms with Crippen LogP contribution in [0.15, 0.2) is 39.9 Å². The second kappa shape index (κ2) is 9.28. The van der Waals surface area contributed by atoms with Gasteiger partial charge in [0, 0.05) is 38.2 Å². The number of nitrogens with zero attached hydrogens (tertiary/aromatic N) is 2. The van der Waals surface area contributed by atoms with E-state index in [0.29, 0.717) is 18.0 Å². The van der Waals surface area contributed by atoms with E-state index in [4.69, 9.17) is 4.74 Å². The predicted octanol–water partition coefficient (Wildman–Crippen LogP) is 0.685. The van der Waals surface area contributed by atoms with E-state index in [1.165, 1.54) is 29.4 Å². The van der Waals surface area contributed by atoms with Gasteiger partial charge in [0.2, 0.25) is 5.91 Å². The normalized spacial score (nSPS) is 10.6. The van der Waals surface area contributed by atoms with Crippen molar-refractivity contribution in [1.82, 2.24) is 14.5 Å². The molecule has 140 valence electrons. The third-order valence-corrected chi connectivity index (χ3v) is 4.97. The van der Waals surface area contributed by atoms with Crippen molar-refractivity contribution < 1.29 is 9.53 Å². The number of carbonyl (C=O) groups excluding carboxylic acids is 1. The molecule has 7 nitrogen and oxygen atoms in total. The lowest BCUT2D eigenvalue weighted by Gasteiger charge is -2.09. The molecule has 0 radical (unpaired) electrons. The zero-order valence-electron chi connectivity index (χ0n) is 15.2. The van der Waals surface area contributed by atoms with Crippen LogP contribution in [0.1, 0.15) is 11.3 Å². The number of aromatic nitrogens is 2. The molecule has 1 aromatic carbocycles. The summed E-state index contributed by atoms with van der Waals surface area (Å²) in [6, 6.07) is 9.14. The molecule has 1 heterocycles. The van der Waals surface area contributed by atoms with Gasteiger partial charge in [-0.05, 0) is 24.1 Å². The number of methoxy groups -OCH3 is 1. The molecule has 8 heteroatoms. The Kier molecular flexibility index (Phi) is 7.08. The van der Waals surface area contributed by atoms with Gasteiger partial charge in [0.15, 0.2) is 0 Å². The maximum Gasteiger partial charge on any atom is 0.330 e. The number of hydrogen-bond acceptors (Lipinski definition) is 5. The Bertz CT molecular complexity index is 871. The van der Waals surface area contributed by atoms with Crippen LogP contribution in [0.3, 0.4) is 0 Å². The van der Waals surface area contributed by atoms with Gasteiger partial charge in [-0.1, -0.05) is 12.1 Å². The minimum absolute atomic E-state index is 0.0719. The lowest BCUT2D eigenvalue weighted by molar-refractivity contribution is -0.118. The second-order valence-electron chi connectivity index (χ2n) is 5.82. The molecule has 26 heavy (non-hydrogen) atoms. The maximum atomic E-state index is 11.9. The molecule has 2 rings (SSSR count). The number of thioether (sulfide) groups is 1. The topological polar surface area (TPSA) is 82.3 Å². The monoisotopic (exact) mass is 377 g/mol. The fraction of sp³-hybridized carbons (Fsp3) is 0.389. The molecule has 1 amide bonds. The van der Waals surface area contributed by atoms with Gasteiger partial charge < -0.3 is 10.1 Å². The lowest BCUT2D eigenvalue weighted by atomic mass is 10.1. The highest BCUT2D eigenvalue weighted by atomic mass is 32.2. The first-order chi connectivity index (χ1) is 12.4. The zero-order chi connectivity index (χ0) is 19.1. The molecule has 0 bridgehead atoms. The summed E-state index contributed by atoms with van der Waals surface area (Å²) in [6.07, 6.45) is 0.740. The molecular formula is C18H23N3O4S. The minimum atomic E-state index is -0.364. The smallest absolute Gasteiger partial charge is 0.330 e. The number of nitrogens with one attached hydrogen (secondary N) is 1. The van der Waals surface area contributed by atoms with E-state index in [0.717, 1.165) is 22.3 Å². The SMILES string of the molecule is COc1ccc(CCNC(=O)CSCc2cc(=O)n(C)c(=O)n2C)cc1. The van der Waals surface area contributed by atoms with Crippen molar-refractivity contribution in [2.24, 2.45) is 14.1 Å². The average Bonchev–Trinajstić information content (AvgIpc) is 2.64. The Labute approximate surface area is 156 Å². The highest BCUT2D eigenvalue weighted by Crippen LogP contribution is 2.11. The largest absolute Gasteiger partial charge is 0.497 e. The fourth-order valence-corrected chi connectivity index (χ4v) is 3.23. The van der Waals surface area contributed by atoms with Crippen LogP contribution in [0.25, 0.3) is 0 Å². The van der Waals surface area contributed by atoms with Gasteiger partial charge >= 0.3 is 5.69 Å². The van der Waals surface area contributed by atoms with Gasteiger partial charge in [-0.15, -0.1) is 11.8 Å². The first-order valence-electron chi connectivity index (χ1n) is 8.15. The summed E-state index contributed by atoms with van der Waals surface area (Å²) < 4.78 is 7.59. The molecule has 0 atom stereocenters. The highest BCUT2D eigenvalue weighted by molar-refractivity contribution is 7.99. The van der Waals surface area contributed by atoms with Crippen LogP contribution < -0.4 is 21.3 Å². The molecule has 2 aromatic rings. The van der Waals surface area contributed by atoms with E-state index in [9.17, 15) is 14.4 Å². The van der Waals surface area contributed by atoms with E-state index in [2.05, 4.69) is 5.32 Å². The first kappa shape index (κ1) is 19.8. The Morgan fingerprint density at radius 1 is 1.15 bits per heavy atom. The van der Waals surface area contributed by atoms with Gasteiger partial charge in [0.25, 0.3) is 5.56 Å². The summed E-state index contributed by atoms with van der Waals surface area (Å²) in [5.74, 6) is 1.43. The summed E-state index contributed by atoms with van der Waals surface area (Å²) in [5.41, 5.74) is 1.02. The molecule has 1 N–H and O–H groups in total. The summed E-state index contributed by atoms with van der Waals surface area (Å²) in [6.45, 7) is 0.552. The van der Waals surface area contributed by atoms with Crippen LogP contribution in [-0.2, 0) is 31.1 Å². The Balaban J connectivity index is 1.75. The van der Waals surface area contributed by atoms with Crippen molar-refractivity contribution >= 4 is 17.7 Å². The number of benzene rings is 1. The van der Waals surface area contributed by atoms with E-state index in [-0.39, 0.29) is 22.9 Å². The standard InChI is InChI=1S/C18H23N3O4S/c1-20-14(10-17(23)21(2)18(20)24)11-26-12-16(22)19-9-8-13-4-6-15(25-3)7-5-13/h4-7,10H,8-9,11-12H2,1-3H3,(H,19,22). The molecule has 1 aromatic heterocycles. The first-order valence-corrected chi connectivity index (χ1v) is 9.31. The van der Waals surface area contributed by atoms with E-state index >= 15 is 0 Å². The quantitative estimate of drug-likeness (QED) is 0.732. The second-order valence-corrected chi connectivity index (χ2v) is 6.80. The molecule has 0 aliphatic carbocycles. The Morgan fingerprint density at radius 3 is 2.50 bits per heavy atom. The summed E-state index contributed by atoms with van der Waals surface area (Å²) >= 11 is 1.37. The van der Waals surface area contributed by atoms with E-state index in [1.807, 2.05) is 24.3 Å². The third kappa shape index (κ3) is 5.26. The lowest BCUT2D eigenvalue weighted by Crippen LogP contribution is -2.37. The molecular weight excluding hydrogens is 354 g/mol. The van der Waals surface area contributed by atoms with Gasteiger partial charge in [0.1, 0.15) is 5.75 Å². The molecule has 0 aliphatic rings. The van der Waals surface area contributed by atoms with Gasteiger partial charge in [0.05, 0.1) is 12.9 Å². The van der Waals surface area contributed by atoms with Crippen LogP contribution in [0.2, 0.25) is 0 Å². The predicted molar refractivity (Wildman–Crippen MR) is 103 cm³/mol. The number of rotatable bonds is 8. The molecule has 0 spiro atoms. The molecule has 0 aliphatic heterocycles. The van der Waals surface area contributed by atoms with Crippen molar-refractivity contribution in [2.75, 3.05) is 19.4 Å². The third-order valence-electron chi connectivity index (χ3n) is 4.00. The van der Waals surface area contributed by atoms with Gasteiger partial charge in [-0.2, -0.15) is 0 Å². The van der Waals surface area contributed by atoms with Crippen molar-refractivity contribution in [3.63, 3.8) is 0 Å². The summed E-state index contributed by atoms with van der Waals surface area (Å²) in [4.78, 5) is 35.4. The van der Waals surface area contributed by atoms with Crippen LogP contribution in [0.4, 0.5) is 0 Å². The molecule has 0 saturated carbocycles.